The normalized spacial score (nSPS) is 14.4. The van der Waals surface area contributed by atoms with Gasteiger partial charge in [0.25, 0.3) is 0 Å². The molecule has 0 N–H and O–H groups in total. The second kappa shape index (κ2) is 3.65. The maximum Gasteiger partial charge on any atom is 0.0442 e. The zero-order chi connectivity index (χ0) is 9.10. The molecule has 2 rings (SSSR count). The monoisotopic (exact) mass is 173 g/mol. The molecule has 0 atom stereocenters. The molecule has 1 aliphatic rings. The van der Waals surface area contributed by atoms with Gasteiger partial charge in [0.05, 0.1) is 0 Å². The third-order valence-corrected chi connectivity index (χ3v) is 2.39. The van der Waals surface area contributed by atoms with Crippen LogP contribution in [0.25, 0.3) is 6.08 Å². The van der Waals surface area contributed by atoms with Gasteiger partial charge in [-0.3, -0.25) is 0 Å². The molecule has 1 heteroatoms. The van der Waals surface area contributed by atoms with Crippen LogP contribution in [0.5, 0.6) is 0 Å². The van der Waals surface area contributed by atoms with Crippen molar-refractivity contribution in [3.05, 3.63) is 35.9 Å². The van der Waals surface area contributed by atoms with Crippen LogP contribution < -0.4 is 4.90 Å². The van der Waals surface area contributed by atoms with E-state index >= 15 is 0 Å². The Morgan fingerprint density at radius 1 is 1.31 bits per heavy atom. The van der Waals surface area contributed by atoms with E-state index in [1.165, 1.54) is 17.7 Å². The Morgan fingerprint density at radius 3 is 3.00 bits per heavy atom. The number of nitrogens with zero attached hydrogens (tertiary/aromatic N) is 1. The van der Waals surface area contributed by atoms with Crippen molar-refractivity contribution in [2.75, 3.05) is 18.0 Å². The minimum absolute atomic E-state index is 1.06. The highest BCUT2D eigenvalue weighted by molar-refractivity contribution is 5.71. The molecule has 1 nitrogen and oxygen atoms in total. The lowest BCUT2D eigenvalue weighted by Crippen LogP contribution is -2.26. The fraction of sp³-hybridized carbons (Fsp3) is 0.333. The SMILES string of the molecule is CCCN1CC=Cc2ccccc21. The van der Waals surface area contributed by atoms with Crippen LogP contribution >= 0.6 is 0 Å². The van der Waals surface area contributed by atoms with Crippen LogP contribution in [-0.4, -0.2) is 13.1 Å². The molecule has 13 heavy (non-hydrogen) atoms. The van der Waals surface area contributed by atoms with E-state index in [0.717, 1.165) is 13.1 Å². The van der Waals surface area contributed by atoms with E-state index < -0.39 is 0 Å². The van der Waals surface area contributed by atoms with Crippen molar-refractivity contribution in [1.29, 1.82) is 0 Å². The first-order chi connectivity index (χ1) is 6.42. The number of benzene rings is 1. The van der Waals surface area contributed by atoms with Gasteiger partial charge in [-0.2, -0.15) is 0 Å². The van der Waals surface area contributed by atoms with Gasteiger partial charge in [-0.25, -0.2) is 0 Å². The first-order valence-corrected chi connectivity index (χ1v) is 4.92. The Bertz CT molecular complexity index is 315. The predicted octanol–water partition coefficient (Wildman–Crippen LogP) is 2.93. The Balaban J connectivity index is 2.32. The maximum atomic E-state index is 2.43. The van der Waals surface area contributed by atoms with Gasteiger partial charge in [-0.1, -0.05) is 37.3 Å². The summed E-state index contributed by atoms with van der Waals surface area (Å²) in [7, 11) is 0. The highest BCUT2D eigenvalue weighted by Gasteiger charge is 2.10. The molecule has 0 unspecified atom stereocenters. The molecular formula is C12H15N. The summed E-state index contributed by atoms with van der Waals surface area (Å²) in [6.07, 6.45) is 5.65. The molecule has 1 aliphatic heterocycles. The van der Waals surface area contributed by atoms with Crippen LogP contribution in [0.2, 0.25) is 0 Å². The molecule has 1 aromatic carbocycles. The summed E-state index contributed by atoms with van der Waals surface area (Å²) in [6, 6.07) is 8.58. The molecule has 0 aromatic heterocycles. The van der Waals surface area contributed by atoms with Gasteiger partial charge in [-0.15, -0.1) is 0 Å². The van der Waals surface area contributed by atoms with Gasteiger partial charge >= 0.3 is 0 Å². The fourth-order valence-electron chi connectivity index (χ4n) is 1.80. The van der Waals surface area contributed by atoms with Crippen LogP contribution in [0, 0.1) is 0 Å². The number of fused-ring (bicyclic) bond motifs is 1. The molecule has 68 valence electrons. The minimum Gasteiger partial charge on any atom is -0.367 e. The van der Waals surface area contributed by atoms with E-state index in [1.54, 1.807) is 0 Å². The van der Waals surface area contributed by atoms with Crippen molar-refractivity contribution in [1.82, 2.24) is 0 Å². The van der Waals surface area contributed by atoms with Gasteiger partial charge in [0, 0.05) is 18.8 Å². The first kappa shape index (κ1) is 8.36. The third-order valence-electron chi connectivity index (χ3n) is 2.39. The van der Waals surface area contributed by atoms with Gasteiger partial charge in [0.2, 0.25) is 0 Å². The van der Waals surface area contributed by atoms with Gasteiger partial charge in [0.15, 0.2) is 0 Å². The highest BCUT2D eigenvalue weighted by Crippen LogP contribution is 2.25. The zero-order valence-corrected chi connectivity index (χ0v) is 8.03. The largest absolute Gasteiger partial charge is 0.367 e. The van der Waals surface area contributed by atoms with Gasteiger partial charge < -0.3 is 4.90 Å². The number of anilines is 1. The summed E-state index contributed by atoms with van der Waals surface area (Å²) in [5.74, 6) is 0. The van der Waals surface area contributed by atoms with Crippen molar-refractivity contribution >= 4 is 11.8 Å². The van der Waals surface area contributed by atoms with E-state index in [0.29, 0.717) is 0 Å². The van der Waals surface area contributed by atoms with Crippen molar-refractivity contribution in [3.8, 4) is 0 Å². The number of hydrogen-bond donors (Lipinski definition) is 0. The predicted molar refractivity (Wildman–Crippen MR) is 58.0 cm³/mol. The molecule has 0 fully saturated rings. The van der Waals surface area contributed by atoms with Crippen molar-refractivity contribution < 1.29 is 0 Å². The average Bonchev–Trinajstić information content (AvgIpc) is 2.19. The first-order valence-electron chi connectivity index (χ1n) is 4.92. The molecular weight excluding hydrogens is 158 g/mol. The van der Waals surface area contributed by atoms with Gasteiger partial charge in [0.1, 0.15) is 0 Å². The van der Waals surface area contributed by atoms with E-state index in [9.17, 15) is 0 Å². The summed E-state index contributed by atoms with van der Waals surface area (Å²) in [4.78, 5) is 2.43. The zero-order valence-electron chi connectivity index (χ0n) is 8.03. The van der Waals surface area contributed by atoms with Crippen LogP contribution in [0.1, 0.15) is 18.9 Å². The smallest absolute Gasteiger partial charge is 0.0442 e. The van der Waals surface area contributed by atoms with E-state index in [4.69, 9.17) is 0 Å². The Hall–Kier alpha value is -1.24. The average molecular weight is 173 g/mol. The lowest BCUT2D eigenvalue weighted by Gasteiger charge is -2.27. The quantitative estimate of drug-likeness (QED) is 0.664. The van der Waals surface area contributed by atoms with Crippen LogP contribution in [0.3, 0.4) is 0 Å². The molecule has 1 heterocycles. The topological polar surface area (TPSA) is 3.24 Å². The van der Waals surface area contributed by atoms with Gasteiger partial charge in [-0.05, 0) is 18.1 Å². The number of hydrogen-bond acceptors (Lipinski definition) is 1. The Kier molecular flexibility index (Phi) is 2.35. The third kappa shape index (κ3) is 1.59. The molecule has 0 amide bonds. The molecule has 0 aliphatic carbocycles. The molecule has 0 saturated carbocycles. The summed E-state index contributed by atoms with van der Waals surface area (Å²) in [5, 5.41) is 0. The molecule has 0 bridgehead atoms. The summed E-state index contributed by atoms with van der Waals surface area (Å²) >= 11 is 0. The minimum atomic E-state index is 1.06. The second-order valence-corrected chi connectivity index (χ2v) is 3.41. The van der Waals surface area contributed by atoms with Crippen molar-refractivity contribution in [3.63, 3.8) is 0 Å². The van der Waals surface area contributed by atoms with Crippen LogP contribution in [0.4, 0.5) is 5.69 Å². The number of para-hydroxylation sites is 1. The van der Waals surface area contributed by atoms with E-state index in [2.05, 4.69) is 48.2 Å². The highest BCUT2D eigenvalue weighted by atomic mass is 15.1. The van der Waals surface area contributed by atoms with E-state index in [-0.39, 0.29) is 0 Å². The Morgan fingerprint density at radius 2 is 2.15 bits per heavy atom. The summed E-state index contributed by atoms with van der Waals surface area (Å²) in [5.41, 5.74) is 2.73. The molecule has 0 spiro atoms. The summed E-state index contributed by atoms with van der Waals surface area (Å²) < 4.78 is 0. The maximum absolute atomic E-state index is 2.43. The Labute approximate surface area is 79.7 Å². The number of rotatable bonds is 2. The fourth-order valence-corrected chi connectivity index (χ4v) is 1.80. The van der Waals surface area contributed by atoms with Crippen molar-refractivity contribution in [2.45, 2.75) is 13.3 Å². The summed E-state index contributed by atoms with van der Waals surface area (Å²) in [6.45, 7) is 4.44. The molecule has 0 saturated heterocycles. The standard InChI is InChI=1S/C12H15N/c1-2-9-13-10-5-7-11-6-3-4-8-12(11)13/h3-8H,2,9-10H2,1H3. The molecule has 0 radical (unpaired) electrons. The lowest BCUT2D eigenvalue weighted by molar-refractivity contribution is 0.812. The second-order valence-electron chi connectivity index (χ2n) is 3.41. The lowest BCUT2D eigenvalue weighted by atomic mass is 10.1. The van der Waals surface area contributed by atoms with Crippen molar-refractivity contribution in [2.24, 2.45) is 0 Å². The van der Waals surface area contributed by atoms with Crippen LogP contribution in [0.15, 0.2) is 30.3 Å². The van der Waals surface area contributed by atoms with Crippen LogP contribution in [-0.2, 0) is 0 Å². The molecule has 1 aromatic rings. The van der Waals surface area contributed by atoms with E-state index in [1.807, 2.05) is 0 Å².